The zero-order valence-electron chi connectivity index (χ0n) is 12.7. The maximum absolute atomic E-state index is 6.00. The first-order chi connectivity index (χ1) is 9.72. The Morgan fingerprint density at radius 1 is 1.05 bits per heavy atom. The number of hydrogen-bond acceptors (Lipinski definition) is 5. The van der Waals surface area contributed by atoms with Crippen molar-refractivity contribution in [3.05, 3.63) is 12.1 Å². The summed E-state index contributed by atoms with van der Waals surface area (Å²) < 4.78 is 10.5. The molecule has 0 radical (unpaired) electrons. The molecule has 0 spiro atoms. The SMILES string of the molecule is COc1cc(N)c(NCCCCCCSC)cc1OC. The molecular weight excluding hydrogens is 272 g/mol. The topological polar surface area (TPSA) is 56.5 Å². The molecule has 20 heavy (non-hydrogen) atoms. The number of hydrogen-bond donors (Lipinski definition) is 2. The minimum absolute atomic E-state index is 0.660. The van der Waals surface area contributed by atoms with Crippen LogP contribution in [0.5, 0.6) is 11.5 Å². The van der Waals surface area contributed by atoms with Gasteiger partial charge in [-0.15, -0.1) is 0 Å². The molecule has 0 aromatic heterocycles. The number of nitrogens with one attached hydrogen (secondary N) is 1. The molecule has 5 heteroatoms. The van der Waals surface area contributed by atoms with Gasteiger partial charge < -0.3 is 20.5 Å². The highest BCUT2D eigenvalue weighted by molar-refractivity contribution is 7.98. The largest absolute Gasteiger partial charge is 0.493 e. The summed E-state index contributed by atoms with van der Waals surface area (Å²) in [6.45, 7) is 0.930. The van der Waals surface area contributed by atoms with Crippen LogP contribution in [0.4, 0.5) is 11.4 Å². The minimum atomic E-state index is 0.660. The van der Waals surface area contributed by atoms with Crippen molar-refractivity contribution in [1.29, 1.82) is 0 Å². The van der Waals surface area contributed by atoms with E-state index in [0.29, 0.717) is 17.2 Å². The molecule has 0 amide bonds. The highest BCUT2D eigenvalue weighted by Gasteiger charge is 2.08. The van der Waals surface area contributed by atoms with Crippen molar-refractivity contribution in [3.8, 4) is 11.5 Å². The number of rotatable bonds is 10. The van der Waals surface area contributed by atoms with Gasteiger partial charge >= 0.3 is 0 Å². The fraction of sp³-hybridized carbons (Fsp3) is 0.600. The van der Waals surface area contributed by atoms with E-state index in [0.717, 1.165) is 18.7 Å². The zero-order valence-corrected chi connectivity index (χ0v) is 13.5. The van der Waals surface area contributed by atoms with Gasteiger partial charge in [-0.3, -0.25) is 0 Å². The lowest BCUT2D eigenvalue weighted by molar-refractivity contribution is 0.355. The molecule has 0 aliphatic heterocycles. The molecule has 0 saturated carbocycles. The van der Waals surface area contributed by atoms with Crippen molar-refractivity contribution in [3.63, 3.8) is 0 Å². The van der Waals surface area contributed by atoms with Crippen molar-refractivity contribution < 1.29 is 9.47 Å². The summed E-state index contributed by atoms with van der Waals surface area (Å²) >= 11 is 1.91. The molecule has 114 valence electrons. The predicted molar refractivity (Wildman–Crippen MR) is 89.3 cm³/mol. The van der Waals surface area contributed by atoms with Crippen molar-refractivity contribution in [2.75, 3.05) is 43.8 Å². The molecule has 0 aliphatic carbocycles. The highest BCUT2D eigenvalue weighted by Crippen LogP contribution is 2.34. The summed E-state index contributed by atoms with van der Waals surface area (Å²) in [4.78, 5) is 0. The van der Waals surface area contributed by atoms with Gasteiger partial charge in [0.25, 0.3) is 0 Å². The average Bonchev–Trinajstić information content (AvgIpc) is 2.47. The van der Waals surface area contributed by atoms with Gasteiger partial charge in [0.05, 0.1) is 25.6 Å². The molecule has 0 heterocycles. The molecule has 0 bridgehead atoms. The quantitative estimate of drug-likeness (QED) is 0.510. The molecule has 0 unspecified atom stereocenters. The first-order valence-electron chi connectivity index (χ1n) is 6.97. The van der Waals surface area contributed by atoms with Crippen LogP contribution in [0.1, 0.15) is 25.7 Å². The van der Waals surface area contributed by atoms with E-state index in [1.807, 2.05) is 17.8 Å². The summed E-state index contributed by atoms with van der Waals surface area (Å²) in [7, 11) is 3.24. The van der Waals surface area contributed by atoms with E-state index in [2.05, 4.69) is 11.6 Å². The first-order valence-corrected chi connectivity index (χ1v) is 8.36. The summed E-state index contributed by atoms with van der Waals surface area (Å²) in [6.07, 6.45) is 7.16. The second-order valence-corrected chi connectivity index (χ2v) is 5.61. The van der Waals surface area contributed by atoms with E-state index in [-0.39, 0.29) is 0 Å². The lowest BCUT2D eigenvalue weighted by Crippen LogP contribution is -2.05. The Bertz CT molecular complexity index is 400. The number of anilines is 2. The van der Waals surface area contributed by atoms with Gasteiger partial charge in [0.2, 0.25) is 0 Å². The Morgan fingerprint density at radius 2 is 1.70 bits per heavy atom. The van der Waals surface area contributed by atoms with Crippen LogP contribution in [0.2, 0.25) is 0 Å². The summed E-state index contributed by atoms with van der Waals surface area (Å²) in [5, 5.41) is 3.36. The summed E-state index contributed by atoms with van der Waals surface area (Å²) in [6, 6.07) is 3.68. The standard InChI is InChI=1S/C15H26N2O2S/c1-18-14-10-12(16)13(11-15(14)19-2)17-8-6-4-5-7-9-20-3/h10-11,17H,4-9,16H2,1-3H3. The molecule has 4 nitrogen and oxygen atoms in total. The van der Waals surface area contributed by atoms with E-state index >= 15 is 0 Å². The third-order valence-corrected chi connectivity index (χ3v) is 3.84. The van der Waals surface area contributed by atoms with E-state index < -0.39 is 0 Å². The first kappa shape index (κ1) is 16.8. The Labute approximate surface area is 126 Å². The van der Waals surface area contributed by atoms with Gasteiger partial charge in [-0.05, 0) is 24.9 Å². The van der Waals surface area contributed by atoms with Crippen LogP contribution in [0.15, 0.2) is 12.1 Å². The van der Waals surface area contributed by atoms with Gasteiger partial charge in [0.1, 0.15) is 0 Å². The van der Waals surface area contributed by atoms with E-state index in [1.54, 1.807) is 20.3 Å². The third kappa shape index (κ3) is 5.41. The maximum Gasteiger partial charge on any atom is 0.162 e. The molecule has 0 aliphatic rings. The Balaban J connectivity index is 2.40. The van der Waals surface area contributed by atoms with E-state index in [9.17, 15) is 0 Å². The van der Waals surface area contributed by atoms with Gasteiger partial charge in [0, 0.05) is 18.7 Å². The molecule has 3 N–H and O–H groups in total. The fourth-order valence-corrected chi connectivity index (χ4v) is 2.49. The lowest BCUT2D eigenvalue weighted by Gasteiger charge is -2.14. The van der Waals surface area contributed by atoms with Crippen molar-refractivity contribution in [2.24, 2.45) is 0 Å². The number of methoxy groups -OCH3 is 2. The van der Waals surface area contributed by atoms with E-state index in [1.165, 1.54) is 25.0 Å². The third-order valence-electron chi connectivity index (χ3n) is 3.15. The van der Waals surface area contributed by atoms with Crippen molar-refractivity contribution in [2.45, 2.75) is 25.7 Å². The maximum atomic E-state index is 6.00. The van der Waals surface area contributed by atoms with Gasteiger partial charge in [0.15, 0.2) is 11.5 Å². The Kier molecular flexibility index (Phi) is 8.11. The Morgan fingerprint density at radius 3 is 2.35 bits per heavy atom. The minimum Gasteiger partial charge on any atom is -0.493 e. The number of benzene rings is 1. The van der Waals surface area contributed by atoms with Crippen LogP contribution in [0.3, 0.4) is 0 Å². The second kappa shape index (κ2) is 9.64. The monoisotopic (exact) mass is 298 g/mol. The van der Waals surface area contributed by atoms with Gasteiger partial charge in [-0.1, -0.05) is 12.8 Å². The number of unbranched alkanes of at least 4 members (excludes halogenated alkanes) is 3. The van der Waals surface area contributed by atoms with Crippen LogP contribution in [0.25, 0.3) is 0 Å². The molecule has 1 aromatic carbocycles. The summed E-state index contributed by atoms with van der Waals surface area (Å²) in [5.74, 6) is 2.62. The van der Waals surface area contributed by atoms with Crippen LogP contribution in [-0.4, -0.2) is 32.8 Å². The fourth-order valence-electron chi connectivity index (χ4n) is 2.00. The lowest BCUT2D eigenvalue weighted by atomic mass is 10.2. The van der Waals surface area contributed by atoms with Gasteiger partial charge in [-0.25, -0.2) is 0 Å². The molecule has 0 fully saturated rings. The smallest absolute Gasteiger partial charge is 0.162 e. The number of nitrogens with two attached hydrogens (primary N) is 1. The second-order valence-electron chi connectivity index (χ2n) is 4.63. The molecule has 1 aromatic rings. The van der Waals surface area contributed by atoms with Crippen LogP contribution < -0.4 is 20.5 Å². The van der Waals surface area contributed by atoms with E-state index in [4.69, 9.17) is 15.2 Å². The number of ether oxygens (including phenoxy) is 2. The average molecular weight is 298 g/mol. The Hall–Kier alpha value is -1.23. The normalized spacial score (nSPS) is 10.3. The zero-order chi connectivity index (χ0) is 14.8. The van der Waals surface area contributed by atoms with Crippen molar-refractivity contribution in [1.82, 2.24) is 0 Å². The van der Waals surface area contributed by atoms with Crippen molar-refractivity contribution >= 4 is 23.1 Å². The summed E-state index contributed by atoms with van der Waals surface area (Å²) in [5.41, 5.74) is 7.59. The van der Waals surface area contributed by atoms with Crippen LogP contribution >= 0.6 is 11.8 Å². The molecular formula is C15H26N2O2S. The molecule has 1 rings (SSSR count). The molecule has 0 saturated heterocycles. The van der Waals surface area contributed by atoms with Gasteiger partial charge in [-0.2, -0.15) is 11.8 Å². The predicted octanol–water partition coefficient (Wildman–Crippen LogP) is 3.62. The number of thioether (sulfide) groups is 1. The van der Waals surface area contributed by atoms with Crippen LogP contribution in [0, 0.1) is 0 Å². The molecule has 0 atom stereocenters. The highest BCUT2D eigenvalue weighted by atomic mass is 32.2. The van der Waals surface area contributed by atoms with Crippen LogP contribution in [-0.2, 0) is 0 Å². The number of nitrogen functional groups attached to an aromatic ring is 1.